The SMILES string of the molecule is CC(C)CN(c1ccc(C(C)CC=O)cc1NC1=NCCO1)C1CCCCC1. The molecule has 0 bridgehead atoms. The van der Waals surface area contributed by atoms with E-state index in [2.05, 4.69) is 54.2 Å². The van der Waals surface area contributed by atoms with Crippen LogP contribution < -0.4 is 10.2 Å². The molecule has 1 fully saturated rings. The standard InChI is InChI=1S/C23H35N3O2/c1-17(2)16-26(20-7-5-4-6-8-20)22-10-9-19(18(3)11-13-27)15-21(22)25-23-24-12-14-28-23/h9-10,13,15,17-18,20H,4-8,11-12,14,16H2,1-3H3,(H,24,25). The van der Waals surface area contributed by atoms with Crippen LogP contribution in [0.25, 0.3) is 0 Å². The summed E-state index contributed by atoms with van der Waals surface area (Å²) in [5.41, 5.74) is 3.44. The topological polar surface area (TPSA) is 53.9 Å². The molecule has 1 aromatic carbocycles. The van der Waals surface area contributed by atoms with Crippen LogP contribution in [0.2, 0.25) is 0 Å². The van der Waals surface area contributed by atoms with Gasteiger partial charge in [0.15, 0.2) is 0 Å². The average Bonchev–Trinajstić information content (AvgIpc) is 3.20. The molecule has 1 saturated carbocycles. The van der Waals surface area contributed by atoms with Gasteiger partial charge in [0.25, 0.3) is 6.02 Å². The van der Waals surface area contributed by atoms with Gasteiger partial charge in [-0.05, 0) is 42.4 Å². The second-order valence-corrected chi connectivity index (χ2v) is 8.58. The van der Waals surface area contributed by atoms with E-state index in [9.17, 15) is 4.79 Å². The molecule has 154 valence electrons. The first kappa shape index (κ1) is 20.7. The first-order valence-electron chi connectivity index (χ1n) is 10.9. The molecule has 2 aliphatic rings. The molecule has 0 radical (unpaired) electrons. The van der Waals surface area contributed by atoms with Crippen LogP contribution in [0.5, 0.6) is 0 Å². The normalized spacial score (nSPS) is 18.5. The number of hydrogen-bond donors (Lipinski definition) is 1. The van der Waals surface area contributed by atoms with Gasteiger partial charge in [0.05, 0.1) is 17.9 Å². The number of rotatable bonds is 8. The molecule has 1 unspecified atom stereocenters. The maximum atomic E-state index is 11.0. The monoisotopic (exact) mass is 385 g/mol. The average molecular weight is 386 g/mol. The number of hydrogen-bond acceptors (Lipinski definition) is 5. The van der Waals surface area contributed by atoms with Gasteiger partial charge in [0.1, 0.15) is 12.9 Å². The number of nitrogens with zero attached hydrogens (tertiary/aromatic N) is 2. The lowest BCUT2D eigenvalue weighted by molar-refractivity contribution is -0.108. The predicted molar refractivity (Wildman–Crippen MR) is 116 cm³/mol. The second kappa shape index (κ2) is 9.94. The summed E-state index contributed by atoms with van der Waals surface area (Å²) in [5.74, 6) is 0.787. The third-order valence-corrected chi connectivity index (χ3v) is 5.75. The number of aldehydes is 1. The number of amidine groups is 1. The lowest BCUT2D eigenvalue weighted by atomic mass is 9.92. The molecule has 1 aromatic rings. The molecule has 0 spiro atoms. The van der Waals surface area contributed by atoms with Crippen LogP contribution in [0.15, 0.2) is 23.2 Å². The summed E-state index contributed by atoms with van der Waals surface area (Å²) >= 11 is 0. The first-order valence-corrected chi connectivity index (χ1v) is 10.9. The Labute approximate surface area is 169 Å². The zero-order valence-electron chi connectivity index (χ0n) is 17.6. The van der Waals surface area contributed by atoms with E-state index in [0.717, 1.165) is 18.5 Å². The van der Waals surface area contributed by atoms with E-state index in [1.165, 1.54) is 43.4 Å². The van der Waals surface area contributed by atoms with Crippen LogP contribution in [-0.4, -0.2) is 38.0 Å². The van der Waals surface area contributed by atoms with Gasteiger partial charge < -0.3 is 19.7 Å². The summed E-state index contributed by atoms with van der Waals surface area (Å²) in [7, 11) is 0. The number of carbonyl (C=O) groups is 1. The maximum Gasteiger partial charge on any atom is 0.289 e. The van der Waals surface area contributed by atoms with Crippen molar-refractivity contribution in [1.82, 2.24) is 0 Å². The van der Waals surface area contributed by atoms with E-state index in [4.69, 9.17) is 4.74 Å². The molecule has 0 saturated heterocycles. The number of carbonyl (C=O) groups excluding carboxylic acids is 1. The quantitative estimate of drug-likeness (QED) is 0.642. The lowest BCUT2D eigenvalue weighted by Gasteiger charge is -2.38. The fourth-order valence-electron chi connectivity index (χ4n) is 4.25. The van der Waals surface area contributed by atoms with Crippen molar-refractivity contribution in [2.24, 2.45) is 10.9 Å². The Balaban J connectivity index is 1.95. The van der Waals surface area contributed by atoms with Crippen LogP contribution >= 0.6 is 0 Å². The minimum absolute atomic E-state index is 0.201. The van der Waals surface area contributed by atoms with Crippen molar-refractivity contribution in [1.29, 1.82) is 0 Å². The molecule has 28 heavy (non-hydrogen) atoms. The minimum atomic E-state index is 0.201. The van der Waals surface area contributed by atoms with Gasteiger partial charge in [-0.2, -0.15) is 0 Å². The van der Waals surface area contributed by atoms with E-state index >= 15 is 0 Å². The predicted octanol–water partition coefficient (Wildman–Crippen LogP) is 4.97. The van der Waals surface area contributed by atoms with Crippen molar-refractivity contribution in [2.45, 2.75) is 71.3 Å². The first-order chi connectivity index (χ1) is 13.6. The van der Waals surface area contributed by atoms with Gasteiger partial charge in [-0.1, -0.05) is 46.1 Å². The Morgan fingerprint density at radius 3 is 2.68 bits per heavy atom. The van der Waals surface area contributed by atoms with Gasteiger partial charge in [-0.15, -0.1) is 0 Å². The number of nitrogens with one attached hydrogen (secondary N) is 1. The fourth-order valence-corrected chi connectivity index (χ4v) is 4.25. The van der Waals surface area contributed by atoms with Crippen LogP contribution in [0, 0.1) is 5.92 Å². The third-order valence-electron chi connectivity index (χ3n) is 5.75. The minimum Gasteiger partial charge on any atom is -0.463 e. The van der Waals surface area contributed by atoms with Gasteiger partial charge in [-0.3, -0.25) is 0 Å². The van der Waals surface area contributed by atoms with Crippen molar-refractivity contribution >= 4 is 23.7 Å². The van der Waals surface area contributed by atoms with E-state index in [0.29, 0.717) is 37.6 Å². The smallest absolute Gasteiger partial charge is 0.289 e. The van der Waals surface area contributed by atoms with Crippen molar-refractivity contribution in [3.8, 4) is 0 Å². The van der Waals surface area contributed by atoms with Gasteiger partial charge in [0.2, 0.25) is 0 Å². The molecule has 1 atom stereocenters. The highest BCUT2D eigenvalue weighted by Gasteiger charge is 2.25. The highest BCUT2D eigenvalue weighted by Crippen LogP contribution is 2.36. The molecule has 1 aliphatic carbocycles. The summed E-state index contributed by atoms with van der Waals surface area (Å²) in [6.45, 7) is 9.05. The molecule has 5 heteroatoms. The molecule has 3 rings (SSSR count). The lowest BCUT2D eigenvalue weighted by Crippen LogP contribution is -2.40. The van der Waals surface area contributed by atoms with Crippen molar-refractivity contribution in [3.05, 3.63) is 23.8 Å². The molecule has 1 aliphatic heterocycles. The zero-order valence-corrected chi connectivity index (χ0v) is 17.6. The van der Waals surface area contributed by atoms with Crippen LogP contribution in [0.4, 0.5) is 11.4 Å². The summed E-state index contributed by atoms with van der Waals surface area (Å²) < 4.78 is 5.63. The number of anilines is 2. The van der Waals surface area contributed by atoms with Crippen LogP contribution in [0.3, 0.4) is 0 Å². The number of aliphatic imine (C=N–C) groups is 1. The van der Waals surface area contributed by atoms with Crippen molar-refractivity contribution in [3.63, 3.8) is 0 Å². The zero-order chi connectivity index (χ0) is 19.9. The van der Waals surface area contributed by atoms with Gasteiger partial charge >= 0.3 is 0 Å². The van der Waals surface area contributed by atoms with Crippen molar-refractivity contribution in [2.75, 3.05) is 29.9 Å². The Morgan fingerprint density at radius 1 is 1.25 bits per heavy atom. The molecule has 1 heterocycles. The molecule has 5 nitrogen and oxygen atoms in total. The molecule has 1 N–H and O–H groups in total. The van der Waals surface area contributed by atoms with E-state index in [1.807, 2.05) is 0 Å². The van der Waals surface area contributed by atoms with E-state index in [1.54, 1.807) is 0 Å². The van der Waals surface area contributed by atoms with Crippen LogP contribution in [0.1, 0.15) is 70.8 Å². The highest BCUT2D eigenvalue weighted by molar-refractivity contribution is 5.94. The van der Waals surface area contributed by atoms with Gasteiger partial charge in [-0.25, -0.2) is 4.99 Å². The summed E-state index contributed by atoms with van der Waals surface area (Å²) in [6, 6.07) is 7.79. The molecular formula is C23H35N3O2. The summed E-state index contributed by atoms with van der Waals surface area (Å²) in [4.78, 5) is 18.0. The Morgan fingerprint density at radius 2 is 2.04 bits per heavy atom. The Kier molecular flexibility index (Phi) is 7.35. The number of benzene rings is 1. The Hall–Kier alpha value is -2.04. The maximum absolute atomic E-state index is 11.0. The van der Waals surface area contributed by atoms with E-state index < -0.39 is 0 Å². The molecule has 0 amide bonds. The highest BCUT2D eigenvalue weighted by atomic mass is 16.5. The fraction of sp³-hybridized carbons (Fsp3) is 0.652. The largest absolute Gasteiger partial charge is 0.463 e. The molecule has 0 aromatic heterocycles. The summed E-state index contributed by atoms with van der Waals surface area (Å²) in [6.07, 6.45) is 8.03. The summed E-state index contributed by atoms with van der Waals surface area (Å²) in [5, 5.41) is 3.44. The van der Waals surface area contributed by atoms with E-state index in [-0.39, 0.29) is 5.92 Å². The van der Waals surface area contributed by atoms with Gasteiger partial charge in [0, 0.05) is 19.0 Å². The third kappa shape index (κ3) is 5.27. The molecular weight excluding hydrogens is 350 g/mol. The second-order valence-electron chi connectivity index (χ2n) is 8.58. The van der Waals surface area contributed by atoms with Crippen LogP contribution in [-0.2, 0) is 9.53 Å². The Bertz CT molecular complexity index is 680. The van der Waals surface area contributed by atoms with Crippen molar-refractivity contribution < 1.29 is 9.53 Å². The number of ether oxygens (including phenoxy) is 1.